The van der Waals surface area contributed by atoms with E-state index in [0.29, 0.717) is 12.8 Å². The Hall–Kier alpha value is -3.16. The lowest BCUT2D eigenvalue weighted by Gasteiger charge is -1.95. The maximum Gasteiger partial charge on any atom is 0.307 e. The summed E-state index contributed by atoms with van der Waals surface area (Å²) in [5.41, 5.74) is 4.71. The van der Waals surface area contributed by atoms with Gasteiger partial charge in [-0.25, -0.2) is 10.9 Å². The number of hydrazone groups is 2. The molecule has 120 valence electrons. The Morgan fingerprint density at radius 3 is 1.78 bits per heavy atom. The number of carbonyl (C=O) groups excluding carboxylic acids is 2. The molecule has 8 nitrogen and oxygen atoms in total. The van der Waals surface area contributed by atoms with E-state index in [2.05, 4.69) is 21.1 Å². The van der Waals surface area contributed by atoms with E-state index in [-0.39, 0.29) is 11.5 Å². The molecule has 0 saturated heterocycles. The molecular formula is C15H16N4O4. The van der Waals surface area contributed by atoms with E-state index >= 15 is 0 Å². The van der Waals surface area contributed by atoms with Crippen LogP contribution in [0.25, 0.3) is 0 Å². The van der Waals surface area contributed by atoms with Gasteiger partial charge >= 0.3 is 11.8 Å². The number of unbranched alkanes of at least 4 members (excludes halogenated alkanes) is 2. The Balaban J connectivity index is 1.53. The van der Waals surface area contributed by atoms with Gasteiger partial charge in [0.25, 0.3) is 0 Å². The Morgan fingerprint density at radius 2 is 1.39 bits per heavy atom. The third-order valence-corrected chi connectivity index (χ3v) is 2.67. The van der Waals surface area contributed by atoms with Crippen LogP contribution in [-0.2, 0) is 0 Å². The molecule has 23 heavy (non-hydrogen) atoms. The second-order valence-electron chi connectivity index (χ2n) is 4.39. The summed E-state index contributed by atoms with van der Waals surface area (Å²) in [6.07, 6.45) is 8.13. The lowest BCUT2D eigenvalue weighted by atomic mass is 10.3. The lowest BCUT2D eigenvalue weighted by molar-refractivity contribution is 0.0920. The van der Waals surface area contributed by atoms with Gasteiger partial charge in [0.05, 0.1) is 12.5 Å². The molecule has 0 atom stereocenters. The zero-order valence-electron chi connectivity index (χ0n) is 12.3. The average Bonchev–Trinajstić information content (AvgIpc) is 3.25. The molecule has 8 heteroatoms. The second-order valence-corrected chi connectivity index (χ2v) is 4.39. The van der Waals surface area contributed by atoms with Gasteiger partial charge in [0.1, 0.15) is 0 Å². The molecule has 0 spiro atoms. The fourth-order valence-corrected chi connectivity index (χ4v) is 1.56. The second kappa shape index (κ2) is 8.98. The van der Waals surface area contributed by atoms with E-state index in [0.717, 1.165) is 6.42 Å². The monoisotopic (exact) mass is 316 g/mol. The first-order valence-electron chi connectivity index (χ1n) is 6.98. The van der Waals surface area contributed by atoms with Crippen LogP contribution >= 0.6 is 0 Å². The number of hydrogen-bond acceptors (Lipinski definition) is 6. The third-order valence-electron chi connectivity index (χ3n) is 2.67. The normalized spacial score (nSPS) is 11.1. The first kappa shape index (κ1) is 16.2. The van der Waals surface area contributed by atoms with Crippen molar-refractivity contribution in [1.82, 2.24) is 10.9 Å². The Morgan fingerprint density at radius 1 is 0.913 bits per heavy atom. The summed E-state index contributed by atoms with van der Waals surface area (Å²) in [5.74, 6) is -0.370. The zero-order chi connectivity index (χ0) is 16.3. The van der Waals surface area contributed by atoms with Crippen LogP contribution < -0.4 is 10.9 Å². The van der Waals surface area contributed by atoms with E-state index in [9.17, 15) is 9.59 Å². The van der Waals surface area contributed by atoms with Gasteiger partial charge in [0.15, 0.2) is 11.5 Å². The largest absolute Gasteiger partial charge is 0.459 e. The highest BCUT2D eigenvalue weighted by Gasteiger charge is 2.06. The van der Waals surface area contributed by atoms with Crippen molar-refractivity contribution in [3.05, 3.63) is 48.3 Å². The van der Waals surface area contributed by atoms with Crippen molar-refractivity contribution in [3.63, 3.8) is 0 Å². The van der Waals surface area contributed by atoms with Crippen LogP contribution in [0.3, 0.4) is 0 Å². The van der Waals surface area contributed by atoms with Crippen LogP contribution in [0.2, 0.25) is 0 Å². The molecule has 0 aliphatic carbocycles. The van der Waals surface area contributed by atoms with Gasteiger partial charge in [-0.1, -0.05) is 0 Å². The summed E-state index contributed by atoms with van der Waals surface area (Å²) in [4.78, 5) is 22.9. The summed E-state index contributed by atoms with van der Waals surface area (Å²) in [6.45, 7) is 0. The maximum atomic E-state index is 11.5. The van der Waals surface area contributed by atoms with Gasteiger partial charge in [-0.3, -0.25) is 9.59 Å². The van der Waals surface area contributed by atoms with Crippen molar-refractivity contribution in [2.75, 3.05) is 0 Å². The fourth-order valence-electron chi connectivity index (χ4n) is 1.56. The van der Waals surface area contributed by atoms with Crippen molar-refractivity contribution < 1.29 is 18.4 Å². The quantitative estimate of drug-likeness (QED) is 0.442. The predicted octanol–water partition coefficient (Wildman–Crippen LogP) is 2.17. The van der Waals surface area contributed by atoms with Crippen molar-refractivity contribution >= 4 is 24.2 Å². The van der Waals surface area contributed by atoms with Crippen molar-refractivity contribution in [2.24, 2.45) is 10.2 Å². The molecule has 2 amide bonds. The van der Waals surface area contributed by atoms with Gasteiger partial charge in [-0.2, -0.15) is 10.2 Å². The molecule has 2 aromatic heterocycles. The molecule has 2 rings (SSSR count). The molecule has 0 fully saturated rings. The summed E-state index contributed by atoms with van der Waals surface area (Å²) in [7, 11) is 0. The smallest absolute Gasteiger partial charge is 0.307 e. The Kier molecular flexibility index (Phi) is 6.33. The number of amides is 2. The van der Waals surface area contributed by atoms with Crippen molar-refractivity contribution in [1.29, 1.82) is 0 Å². The van der Waals surface area contributed by atoms with E-state index < -0.39 is 11.8 Å². The third kappa shape index (κ3) is 5.62. The van der Waals surface area contributed by atoms with Crippen LogP contribution in [-0.4, -0.2) is 24.2 Å². The van der Waals surface area contributed by atoms with Gasteiger partial charge < -0.3 is 8.83 Å². The summed E-state index contributed by atoms with van der Waals surface area (Å²) >= 11 is 0. The molecule has 0 saturated carbocycles. The molecular weight excluding hydrogens is 300 g/mol. The highest BCUT2D eigenvalue weighted by Crippen LogP contribution is 1.99. The summed E-state index contributed by atoms with van der Waals surface area (Å²) < 4.78 is 9.84. The average molecular weight is 316 g/mol. The molecule has 2 heterocycles. The minimum atomic E-state index is -0.395. The molecule has 2 N–H and O–H groups in total. The molecule has 0 aliphatic heterocycles. The van der Waals surface area contributed by atoms with E-state index in [4.69, 9.17) is 8.83 Å². The van der Waals surface area contributed by atoms with Gasteiger partial charge in [0.2, 0.25) is 0 Å². The highest BCUT2D eigenvalue weighted by molar-refractivity contribution is 5.92. The maximum absolute atomic E-state index is 11.5. The van der Waals surface area contributed by atoms with Gasteiger partial charge in [0, 0.05) is 12.4 Å². The standard InChI is InChI=1S/C15H16N4O4/c20-14(12-6-4-10-22-12)18-16-8-2-1-3-9-17-19-15(21)13-7-5-11-23-13/h4-11H,1-3H2,(H,18,20)(H,19,21)/b16-8+,17-9+. The Labute approximate surface area is 132 Å². The van der Waals surface area contributed by atoms with E-state index in [1.54, 1.807) is 36.7 Å². The SMILES string of the molecule is O=C(N/N=C/CCC/C=N/NC(=O)c1ccco1)c1ccco1. The molecule has 0 bridgehead atoms. The molecule has 0 radical (unpaired) electrons. The van der Waals surface area contributed by atoms with Crippen LogP contribution in [0.1, 0.15) is 40.4 Å². The van der Waals surface area contributed by atoms with Crippen LogP contribution in [0.4, 0.5) is 0 Å². The molecule has 2 aromatic rings. The molecule has 0 unspecified atom stereocenters. The number of carbonyl (C=O) groups is 2. The minimum Gasteiger partial charge on any atom is -0.459 e. The number of rotatable bonds is 8. The minimum absolute atomic E-state index is 0.210. The first-order valence-corrected chi connectivity index (χ1v) is 6.98. The van der Waals surface area contributed by atoms with Crippen LogP contribution in [0, 0.1) is 0 Å². The van der Waals surface area contributed by atoms with Crippen molar-refractivity contribution in [2.45, 2.75) is 19.3 Å². The van der Waals surface area contributed by atoms with Gasteiger partial charge in [-0.05, 0) is 43.5 Å². The van der Waals surface area contributed by atoms with Crippen LogP contribution in [0.5, 0.6) is 0 Å². The molecule has 0 aliphatic rings. The Bertz CT molecular complexity index is 601. The number of furan rings is 2. The van der Waals surface area contributed by atoms with Gasteiger partial charge in [-0.15, -0.1) is 0 Å². The zero-order valence-corrected chi connectivity index (χ0v) is 12.3. The first-order chi connectivity index (χ1) is 11.3. The number of hydrogen-bond donors (Lipinski definition) is 2. The van der Waals surface area contributed by atoms with Crippen LogP contribution in [0.15, 0.2) is 55.8 Å². The van der Waals surface area contributed by atoms with E-state index in [1.807, 2.05) is 0 Å². The van der Waals surface area contributed by atoms with Crippen molar-refractivity contribution in [3.8, 4) is 0 Å². The predicted molar refractivity (Wildman–Crippen MR) is 83.2 cm³/mol. The lowest BCUT2D eigenvalue weighted by Crippen LogP contribution is -2.16. The van der Waals surface area contributed by atoms with E-state index in [1.165, 1.54) is 12.5 Å². The summed E-state index contributed by atoms with van der Waals surface area (Å²) in [5, 5.41) is 7.59. The number of nitrogens with zero attached hydrogens (tertiary/aromatic N) is 2. The molecule has 0 aromatic carbocycles. The number of nitrogens with one attached hydrogen (secondary N) is 2. The highest BCUT2D eigenvalue weighted by atomic mass is 16.3. The topological polar surface area (TPSA) is 109 Å². The summed E-state index contributed by atoms with van der Waals surface area (Å²) in [6, 6.07) is 6.36. The fraction of sp³-hybridized carbons (Fsp3) is 0.200.